The number of hydrogen-bond donors (Lipinski definition) is 1. The normalized spacial score (nSPS) is 20.9. The number of nitrogens with one attached hydrogen (secondary N) is 1. The van der Waals surface area contributed by atoms with Crippen LogP contribution in [0.25, 0.3) is 0 Å². The van der Waals surface area contributed by atoms with Gasteiger partial charge in [0.1, 0.15) is 5.82 Å². The first kappa shape index (κ1) is 15.2. The zero-order valence-corrected chi connectivity index (χ0v) is 12.5. The molecular weight excluding hydrogens is 287 g/mol. The van der Waals surface area contributed by atoms with Gasteiger partial charge in [-0.2, -0.15) is 0 Å². The number of amides is 2. The van der Waals surface area contributed by atoms with E-state index in [4.69, 9.17) is 4.74 Å². The number of carbonyl (C=O) groups excluding carboxylic acids is 1. The van der Waals surface area contributed by atoms with Crippen molar-refractivity contribution in [3.63, 3.8) is 0 Å². The van der Waals surface area contributed by atoms with Crippen LogP contribution in [0.5, 0.6) is 0 Å². The lowest BCUT2D eigenvalue weighted by Crippen LogP contribution is -2.50. The van der Waals surface area contributed by atoms with Gasteiger partial charge in [-0.15, -0.1) is 0 Å². The fourth-order valence-electron chi connectivity index (χ4n) is 3.06. The van der Waals surface area contributed by atoms with Crippen molar-refractivity contribution in [3.05, 3.63) is 24.3 Å². The Balaban J connectivity index is 1.49. The van der Waals surface area contributed by atoms with Crippen LogP contribution in [0.3, 0.4) is 0 Å². The Labute approximate surface area is 129 Å². The van der Waals surface area contributed by atoms with E-state index in [1.54, 1.807) is 4.90 Å². The molecule has 2 amide bonds. The molecule has 0 radical (unpaired) electrons. The van der Waals surface area contributed by atoms with Gasteiger partial charge in [-0.1, -0.05) is 0 Å². The van der Waals surface area contributed by atoms with E-state index in [9.17, 15) is 9.18 Å². The van der Waals surface area contributed by atoms with E-state index in [1.165, 1.54) is 12.3 Å². The fourth-order valence-corrected chi connectivity index (χ4v) is 3.06. The lowest BCUT2D eigenvalue weighted by Gasteiger charge is -2.40. The van der Waals surface area contributed by atoms with Gasteiger partial charge in [-0.05, 0) is 12.8 Å². The topological polar surface area (TPSA) is 57.7 Å². The number of aromatic nitrogens is 1. The summed E-state index contributed by atoms with van der Waals surface area (Å²) in [7, 11) is 0. The van der Waals surface area contributed by atoms with Gasteiger partial charge in [0.25, 0.3) is 0 Å². The lowest BCUT2D eigenvalue weighted by atomic mass is 10.0. The SMILES string of the molecule is O=C(Nc1cncc(F)c1)N1CCC(N2CCOCC2)CC1. The summed E-state index contributed by atoms with van der Waals surface area (Å²) < 4.78 is 18.4. The van der Waals surface area contributed by atoms with Crippen molar-refractivity contribution in [2.24, 2.45) is 0 Å². The van der Waals surface area contributed by atoms with Crippen molar-refractivity contribution in [1.29, 1.82) is 0 Å². The van der Waals surface area contributed by atoms with Gasteiger partial charge in [0.15, 0.2) is 0 Å². The molecule has 2 aliphatic rings. The Kier molecular flexibility index (Phi) is 4.84. The molecule has 3 heterocycles. The van der Waals surface area contributed by atoms with Crippen LogP contribution in [0.4, 0.5) is 14.9 Å². The molecule has 6 nitrogen and oxygen atoms in total. The smallest absolute Gasteiger partial charge is 0.321 e. The predicted octanol–water partition coefficient (Wildman–Crippen LogP) is 1.55. The minimum absolute atomic E-state index is 0.187. The average molecular weight is 308 g/mol. The van der Waals surface area contributed by atoms with Crippen molar-refractivity contribution >= 4 is 11.7 Å². The molecule has 0 bridgehead atoms. The summed E-state index contributed by atoms with van der Waals surface area (Å²) in [6.45, 7) is 4.99. The number of anilines is 1. The van der Waals surface area contributed by atoms with E-state index in [0.29, 0.717) is 11.7 Å². The zero-order valence-electron chi connectivity index (χ0n) is 12.5. The summed E-state index contributed by atoms with van der Waals surface area (Å²) >= 11 is 0. The molecular formula is C15H21FN4O2. The molecule has 2 fully saturated rings. The van der Waals surface area contributed by atoms with Crippen LogP contribution < -0.4 is 5.32 Å². The van der Waals surface area contributed by atoms with Gasteiger partial charge in [-0.3, -0.25) is 9.88 Å². The third-order valence-electron chi connectivity index (χ3n) is 4.27. The van der Waals surface area contributed by atoms with E-state index < -0.39 is 5.82 Å². The Bertz CT molecular complexity index is 514. The van der Waals surface area contributed by atoms with Crippen LogP contribution in [-0.4, -0.2) is 66.2 Å². The number of likely N-dealkylation sites (tertiary alicyclic amines) is 1. The molecule has 120 valence electrons. The maximum Gasteiger partial charge on any atom is 0.321 e. The number of piperidine rings is 1. The second-order valence-corrected chi connectivity index (χ2v) is 5.69. The van der Waals surface area contributed by atoms with Crippen LogP contribution >= 0.6 is 0 Å². The number of morpholine rings is 1. The van der Waals surface area contributed by atoms with Crippen LogP contribution in [0, 0.1) is 5.82 Å². The van der Waals surface area contributed by atoms with Crippen LogP contribution in [-0.2, 0) is 4.74 Å². The molecule has 0 atom stereocenters. The van der Waals surface area contributed by atoms with Crippen molar-refractivity contribution in [2.45, 2.75) is 18.9 Å². The van der Waals surface area contributed by atoms with Crippen molar-refractivity contribution < 1.29 is 13.9 Å². The van der Waals surface area contributed by atoms with Gasteiger partial charge in [-0.25, -0.2) is 9.18 Å². The highest BCUT2D eigenvalue weighted by molar-refractivity contribution is 5.89. The summed E-state index contributed by atoms with van der Waals surface area (Å²) in [4.78, 5) is 20.2. The Morgan fingerprint density at radius 1 is 1.23 bits per heavy atom. The number of halogens is 1. The summed E-state index contributed by atoms with van der Waals surface area (Å²) in [6, 6.07) is 1.61. The number of pyridine rings is 1. The second-order valence-electron chi connectivity index (χ2n) is 5.69. The van der Waals surface area contributed by atoms with Gasteiger partial charge >= 0.3 is 6.03 Å². The van der Waals surface area contributed by atoms with E-state index in [1.807, 2.05) is 0 Å². The number of carbonyl (C=O) groups is 1. The molecule has 2 saturated heterocycles. The van der Waals surface area contributed by atoms with Crippen LogP contribution in [0.15, 0.2) is 18.5 Å². The Morgan fingerprint density at radius 3 is 2.64 bits per heavy atom. The van der Waals surface area contributed by atoms with Crippen molar-refractivity contribution in [3.8, 4) is 0 Å². The first-order valence-corrected chi connectivity index (χ1v) is 7.70. The van der Waals surface area contributed by atoms with E-state index in [-0.39, 0.29) is 6.03 Å². The average Bonchev–Trinajstić information content (AvgIpc) is 2.56. The molecule has 3 rings (SSSR count). The number of urea groups is 1. The maximum atomic E-state index is 13.1. The zero-order chi connectivity index (χ0) is 15.4. The van der Waals surface area contributed by atoms with Crippen molar-refractivity contribution in [1.82, 2.24) is 14.8 Å². The number of hydrogen-bond acceptors (Lipinski definition) is 4. The Morgan fingerprint density at radius 2 is 1.95 bits per heavy atom. The van der Waals surface area contributed by atoms with Gasteiger partial charge in [0, 0.05) is 38.3 Å². The van der Waals surface area contributed by atoms with Gasteiger partial charge < -0.3 is 15.0 Å². The molecule has 7 heteroatoms. The molecule has 0 saturated carbocycles. The monoisotopic (exact) mass is 308 g/mol. The number of ether oxygens (including phenoxy) is 1. The molecule has 0 unspecified atom stereocenters. The van der Waals surface area contributed by atoms with Crippen molar-refractivity contribution in [2.75, 3.05) is 44.7 Å². The predicted molar refractivity (Wildman–Crippen MR) is 80.2 cm³/mol. The van der Waals surface area contributed by atoms with E-state index in [2.05, 4.69) is 15.2 Å². The molecule has 0 aliphatic carbocycles. The molecule has 1 N–H and O–H groups in total. The van der Waals surface area contributed by atoms with Gasteiger partial charge in [0.2, 0.25) is 0 Å². The van der Waals surface area contributed by atoms with Gasteiger partial charge in [0.05, 0.1) is 31.3 Å². The first-order valence-electron chi connectivity index (χ1n) is 7.70. The molecule has 0 spiro atoms. The third kappa shape index (κ3) is 3.72. The van der Waals surface area contributed by atoms with Crippen LogP contribution in [0.1, 0.15) is 12.8 Å². The third-order valence-corrected chi connectivity index (χ3v) is 4.27. The molecule has 1 aromatic rings. The number of rotatable bonds is 2. The second kappa shape index (κ2) is 7.02. The highest BCUT2D eigenvalue weighted by Crippen LogP contribution is 2.18. The lowest BCUT2D eigenvalue weighted by molar-refractivity contribution is 0.00419. The van der Waals surface area contributed by atoms with E-state index in [0.717, 1.165) is 58.4 Å². The standard InChI is InChI=1S/C15H21FN4O2/c16-12-9-13(11-17-10-12)18-15(21)20-3-1-14(2-4-20)19-5-7-22-8-6-19/h9-11,14H,1-8H2,(H,18,21). The largest absolute Gasteiger partial charge is 0.379 e. The summed E-state index contributed by atoms with van der Waals surface area (Å²) in [6.07, 6.45) is 4.49. The summed E-state index contributed by atoms with van der Waals surface area (Å²) in [5.41, 5.74) is 0.389. The maximum absolute atomic E-state index is 13.1. The minimum Gasteiger partial charge on any atom is -0.379 e. The quantitative estimate of drug-likeness (QED) is 0.900. The molecule has 0 aromatic carbocycles. The first-order chi connectivity index (χ1) is 10.7. The molecule has 2 aliphatic heterocycles. The molecule has 1 aromatic heterocycles. The highest BCUT2D eigenvalue weighted by atomic mass is 19.1. The minimum atomic E-state index is -0.455. The van der Waals surface area contributed by atoms with Crippen LogP contribution in [0.2, 0.25) is 0 Å². The number of nitrogens with zero attached hydrogens (tertiary/aromatic N) is 3. The van der Waals surface area contributed by atoms with E-state index >= 15 is 0 Å². The summed E-state index contributed by atoms with van der Waals surface area (Å²) in [5, 5.41) is 2.70. The molecule has 22 heavy (non-hydrogen) atoms. The summed E-state index contributed by atoms with van der Waals surface area (Å²) in [5.74, 6) is -0.455. The highest BCUT2D eigenvalue weighted by Gasteiger charge is 2.27. The Hall–Kier alpha value is -1.73. The fraction of sp³-hybridized carbons (Fsp3) is 0.600.